The predicted octanol–water partition coefficient (Wildman–Crippen LogP) is 4.67. The van der Waals surface area contributed by atoms with Gasteiger partial charge in [-0.05, 0) is 51.1 Å². The lowest BCUT2D eigenvalue weighted by molar-refractivity contribution is -0.137. The van der Waals surface area contributed by atoms with Crippen molar-refractivity contribution in [3.63, 3.8) is 0 Å². The normalized spacial score (nSPS) is 18.1. The van der Waals surface area contributed by atoms with Crippen LogP contribution < -0.4 is 5.32 Å². The Bertz CT molecular complexity index is 1060. The number of piperidine rings is 1. The standard InChI is InChI=1S/C20H22ClF3N6/c1-3-29-8-4-5-14(11-29)25-19-27-26-18(17-9-12(2)28-30(17)19)15-7-6-13(10-16(15)21)20(22,23)24/h6-7,9-10,14H,3-5,8,11H2,1-2H3,(H,25,27)/t14-/m1/s1. The first kappa shape index (κ1) is 20.9. The summed E-state index contributed by atoms with van der Waals surface area (Å²) in [7, 11) is 0. The Morgan fingerprint density at radius 2 is 2.03 bits per heavy atom. The van der Waals surface area contributed by atoms with Gasteiger partial charge in [0.2, 0.25) is 5.95 Å². The molecule has 1 fully saturated rings. The number of halogens is 4. The smallest absolute Gasteiger partial charge is 0.349 e. The van der Waals surface area contributed by atoms with Crippen molar-refractivity contribution < 1.29 is 13.2 Å². The van der Waals surface area contributed by atoms with E-state index < -0.39 is 11.7 Å². The van der Waals surface area contributed by atoms with Crippen LogP contribution >= 0.6 is 11.6 Å². The Morgan fingerprint density at radius 3 is 2.73 bits per heavy atom. The first-order chi connectivity index (χ1) is 14.3. The van der Waals surface area contributed by atoms with Crippen LogP contribution in [0, 0.1) is 6.92 Å². The summed E-state index contributed by atoms with van der Waals surface area (Å²) >= 11 is 6.19. The second-order valence-electron chi connectivity index (χ2n) is 7.52. The molecular formula is C20H22ClF3N6. The van der Waals surface area contributed by atoms with Gasteiger partial charge in [0.05, 0.1) is 21.8 Å². The average molecular weight is 439 g/mol. The summed E-state index contributed by atoms with van der Waals surface area (Å²) in [5.41, 5.74) is 1.34. The molecule has 3 heterocycles. The van der Waals surface area contributed by atoms with Crippen LogP contribution in [0.2, 0.25) is 5.02 Å². The van der Waals surface area contributed by atoms with Gasteiger partial charge in [0, 0.05) is 18.2 Å². The van der Waals surface area contributed by atoms with E-state index in [2.05, 4.69) is 32.4 Å². The number of fused-ring (bicyclic) bond motifs is 1. The van der Waals surface area contributed by atoms with E-state index in [0.717, 1.165) is 50.3 Å². The van der Waals surface area contributed by atoms with Crippen LogP contribution in [0.5, 0.6) is 0 Å². The summed E-state index contributed by atoms with van der Waals surface area (Å²) in [6.45, 7) is 6.97. The van der Waals surface area contributed by atoms with Gasteiger partial charge >= 0.3 is 6.18 Å². The maximum absolute atomic E-state index is 13.0. The second-order valence-corrected chi connectivity index (χ2v) is 7.93. The summed E-state index contributed by atoms with van der Waals surface area (Å²) in [5, 5.41) is 16.5. The summed E-state index contributed by atoms with van der Waals surface area (Å²) < 4.78 is 40.6. The Balaban J connectivity index is 1.71. The van der Waals surface area contributed by atoms with Gasteiger partial charge in [0.25, 0.3) is 0 Å². The van der Waals surface area contributed by atoms with E-state index in [9.17, 15) is 13.2 Å². The molecule has 0 amide bonds. The van der Waals surface area contributed by atoms with E-state index in [0.29, 0.717) is 22.7 Å². The fourth-order valence-corrected chi connectivity index (χ4v) is 4.10. The Kier molecular flexibility index (Phi) is 5.59. The van der Waals surface area contributed by atoms with Crippen molar-refractivity contribution in [2.75, 3.05) is 25.0 Å². The van der Waals surface area contributed by atoms with E-state index in [1.807, 2.05) is 13.0 Å². The Labute approximate surface area is 177 Å². The minimum atomic E-state index is -4.46. The van der Waals surface area contributed by atoms with Gasteiger partial charge in [-0.3, -0.25) is 0 Å². The molecule has 0 spiro atoms. The molecule has 30 heavy (non-hydrogen) atoms. The van der Waals surface area contributed by atoms with Gasteiger partial charge in [0.1, 0.15) is 5.69 Å². The van der Waals surface area contributed by atoms with E-state index in [4.69, 9.17) is 11.6 Å². The topological polar surface area (TPSA) is 58.3 Å². The molecule has 1 aromatic carbocycles. The number of aromatic nitrogens is 4. The monoisotopic (exact) mass is 438 g/mol. The number of anilines is 1. The van der Waals surface area contributed by atoms with Crippen LogP contribution in [0.4, 0.5) is 19.1 Å². The highest BCUT2D eigenvalue weighted by Gasteiger charge is 2.31. The molecule has 160 valence electrons. The molecule has 1 aliphatic rings. The van der Waals surface area contributed by atoms with Crippen molar-refractivity contribution in [2.24, 2.45) is 0 Å². The van der Waals surface area contributed by atoms with Crippen LogP contribution in [-0.4, -0.2) is 50.4 Å². The highest BCUT2D eigenvalue weighted by molar-refractivity contribution is 6.33. The molecule has 6 nitrogen and oxygen atoms in total. The van der Waals surface area contributed by atoms with Crippen molar-refractivity contribution in [3.05, 3.63) is 40.5 Å². The largest absolute Gasteiger partial charge is 0.416 e. The number of benzene rings is 1. The number of hydrogen-bond acceptors (Lipinski definition) is 5. The van der Waals surface area contributed by atoms with Crippen molar-refractivity contribution in [2.45, 2.75) is 38.9 Å². The second kappa shape index (κ2) is 8.03. The van der Waals surface area contributed by atoms with Crippen molar-refractivity contribution in [1.29, 1.82) is 0 Å². The van der Waals surface area contributed by atoms with Crippen LogP contribution in [0.3, 0.4) is 0 Å². The zero-order valence-electron chi connectivity index (χ0n) is 16.7. The molecule has 10 heteroatoms. The van der Waals surface area contributed by atoms with Gasteiger partial charge < -0.3 is 10.2 Å². The quantitative estimate of drug-likeness (QED) is 0.641. The number of nitrogens with zero attached hydrogens (tertiary/aromatic N) is 5. The highest BCUT2D eigenvalue weighted by atomic mass is 35.5. The number of alkyl halides is 3. The van der Waals surface area contributed by atoms with Crippen molar-refractivity contribution in [1.82, 2.24) is 24.7 Å². The predicted molar refractivity (Wildman–Crippen MR) is 110 cm³/mol. The number of nitrogens with one attached hydrogen (secondary N) is 1. The van der Waals surface area contributed by atoms with Gasteiger partial charge in [0.15, 0.2) is 0 Å². The van der Waals surface area contributed by atoms with Crippen LogP contribution in [-0.2, 0) is 6.18 Å². The summed E-state index contributed by atoms with van der Waals surface area (Å²) in [6, 6.07) is 5.27. The van der Waals surface area contributed by atoms with Gasteiger partial charge in [-0.2, -0.15) is 22.8 Å². The minimum absolute atomic E-state index is 0.0357. The molecule has 1 saturated heterocycles. The van der Waals surface area contributed by atoms with Crippen LogP contribution in [0.25, 0.3) is 16.8 Å². The molecule has 0 bridgehead atoms. The molecule has 1 atom stereocenters. The molecule has 3 aromatic rings. The number of likely N-dealkylation sites (N-methyl/N-ethyl adjacent to an activating group) is 1. The maximum atomic E-state index is 13.0. The van der Waals surface area contributed by atoms with Gasteiger partial charge in [-0.15, -0.1) is 10.2 Å². The van der Waals surface area contributed by atoms with E-state index in [1.54, 1.807) is 4.52 Å². The van der Waals surface area contributed by atoms with E-state index in [1.165, 1.54) is 6.07 Å². The lowest BCUT2D eigenvalue weighted by Gasteiger charge is -2.32. The van der Waals surface area contributed by atoms with Gasteiger partial charge in [-0.25, -0.2) is 0 Å². The highest BCUT2D eigenvalue weighted by Crippen LogP contribution is 2.36. The molecule has 1 N–H and O–H groups in total. The van der Waals surface area contributed by atoms with Crippen molar-refractivity contribution >= 4 is 23.1 Å². The zero-order valence-corrected chi connectivity index (χ0v) is 17.4. The number of hydrogen-bond donors (Lipinski definition) is 1. The first-order valence-corrected chi connectivity index (χ1v) is 10.2. The Morgan fingerprint density at radius 1 is 1.23 bits per heavy atom. The molecule has 0 saturated carbocycles. The number of rotatable bonds is 4. The fraction of sp³-hybridized carbons (Fsp3) is 0.450. The molecule has 2 aromatic heterocycles. The molecule has 4 rings (SSSR count). The summed E-state index contributed by atoms with van der Waals surface area (Å²) in [6.07, 6.45) is -2.34. The summed E-state index contributed by atoms with van der Waals surface area (Å²) in [4.78, 5) is 2.37. The number of likely N-dealkylation sites (tertiary alicyclic amines) is 1. The third-order valence-electron chi connectivity index (χ3n) is 5.36. The Hall–Kier alpha value is -2.39. The fourth-order valence-electron chi connectivity index (χ4n) is 3.83. The third-order valence-corrected chi connectivity index (χ3v) is 5.67. The lowest BCUT2D eigenvalue weighted by Crippen LogP contribution is -2.42. The van der Waals surface area contributed by atoms with Crippen LogP contribution in [0.15, 0.2) is 24.3 Å². The maximum Gasteiger partial charge on any atom is 0.416 e. The molecule has 0 aliphatic carbocycles. The van der Waals surface area contributed by atoms with E-state index in [-0.39, 0.29) is 11.1 Å². The third kappa shape index (κ3) is 4.09. The molecular weight excluding hydrogens is 417 g/mol. The number of aryl methyl sites for hydroxylation is 1. The van der Waals surface area contributed by atoms with E-state index >= 15 is 0 Å². The molecule has 0 unspecified atom stereocenters. The SMILES string of the molecule is CCN1CCC[C@@H](Nc2nnc(-c3ccc(C(F)(F)F)cc3Cl)c3cc(C)nn23)C1. The first-order valence-electron chi connectivity index (χ1n) is 9.85. The van der Waals surface area contributed by atoms with Crippen LogP contribution in [0.1, 0.15) is 31.0 Å². The summed E-state index contributed by atoms with van der Waals surface area (Å²) in [5.74, 6) is 0.507. The minimum Gasteiger partial charge on any atom is -0.349 e. The van der Waals surface area contributed by atoms with Gasteiger partial charge in [-0.1, -0.05) is 24.6 Å². The van der Waals surface area contributed by atoms with Crippen molar-refractivity contribution in [3.8, 4) is 11.3 Å². The lowest BCUT2D eigenvalue weighted by atomic mass is 10.1. The molecule has 1 aliphatic heterocycles. The zero-order chi connectivity index (χ0) is 21.5. The average Bonchev–Trinajstić information content (AvgIpc) is 3.10. The molecule has 0 radical (unpaired) electrons.